The zero-order valence-electron chi connectivity index (χ0n) is 13.5. The van der Waals surface area contributed by atoms with Crippen molar-refractivity contribution in [1.29, 1.82) is 0 Å². The van der Waals surface area contributed by atoms with Crippen LogP contribution in [0.15, 0.2) is 24.3 Å². The highest BCUT2D eigenvalue weighted by atomic mass is 16.5. The molecule has 6 heteroatoms. The van der Waals surface area contributed by atoms with Crippen LogP contribution in [0.25, 0.3) is 0 Å². The van der Waals surface area contributed by atoms with E-state index in [4.69, 9.17) is 9.47 Å². The molecule has 2 aromatic rings. The van der Waals surface area contributed by atoms with Crippen LogP contribution >= 0.6 is 0 Å². The third kappa shape index (κ3) is 3.09. The molecule has 4 rings (SSSR count). The van der Waals surface area contributed by atoms with Crippen LogP contribution in [0.3, 0.4) is 0 Å². The maximum atomic E-state index is 12.5. The van der Waals surface area contributed by atoms with Crippen molar-refractivity contribution in [3.63, 3.8) is 0 Å². The summed E-state index contributed by atoms with van der Waals surface area (Å²) in [5, 5.41) is 10.1. The van der Waals surface area contributed by atoms with Crippen molar-refractivity contribution < 1.29 is 14.3 Å². The van der Waals surface area contributed by atoms with E-state index in [-0.39, 0.29) is 5.91 Å². The number of carbonyl (C=O) groups excluding carboxylic acids is 1. The predicted molar refractivity (Wildman–Crippen MR) is 89.8 cm³/mol. The van der Waals surface area contributed by atoms with Crippen molar-refractivity contribution in [2.75, 3.05) is 18.5 Å². The van der Waals surface area contributed by atoms with E-state index < -0.39 is 0 Å². The Morgan fingerprint density at radius 1 is 1.08 bits per heavy atom. The molecule has 2 aliphatic rings. The van der Waals surface area contributed by atoms with Crippen molar-refractivity contribution in [2.24, 2.45) is 0 Å². The fourth-order valence-corrected chi connectivity index (χ4v) is 3.34. The molecule has 1 fully saturated rings. The van der Waals surface area contributed by atoms with Crippen LogP contribution in [-0.4, -0.2) is 29.3 Å². The average molecular weight is 327 g/mol. The lowest BCUT2D eigenvalue weighted by molar-refractivity contribution is 0.102. The van der Waals surface area contributed by atoms with Gasteiger partial charge in [0, 0.05) is 29.7 Å². The molecular formula is C18H21N3O3. The highest BCUT2D eigenvalue weighted by molar-refractivity contribution is 6.04. The second-order valence-electron chi connectivity index (χ2n) is 6.36. The van der Waals surface area contributed by atoms with Gasteiger partial charge in [0.25, 0.3) is 5.91 Å². The molecule has 0 unspecified atom stereocenters. The number of benzene rings is 1. The number of H-pyrrole nitrogens is 1. The number of amides is 1. The molecule has 1 amide bonds. The summed E-state index contributed by atoms with van der Waals surface area (Å²) in [6.07, 6.45) is 5.76. The summed E-state index contributed by atoms with van der Waals surface area (Å²) in [7, 11) is 0. The fraction of sp³-hybridized carbons (Fsp3) is 0.444. The first-order valence-corrected chi connectivity index (χ1v) is 8.56. The van der Waals surface area contributed by atoms with E-state index >= 15 is 0 Å². The maximum Gasteiger partial charge on any atom is 0.257 e. The van der Waals surface area contributed by atoms with Crippen LogP contribution < -0.4 is 14.8 Å². The van der Waals surface area contributed by atoms with Gasteiger partial charge in [0.2, 0.25) is 0 Å². The normalized spacial score (nSPS) is 17.5. The van der Waals surface area contributed by atoms with Gasteiger partial charge < -0.3 is 14.8 Å². The summed E-state index contributed by atoms with van der Waals surface area (Å²) < 4.78 is 11.2. The van der Waals surface area contributed by atoms with Crippen molar-refractivity contribution >= 4 is 11.7 Å². The van der Waals surface area contributed by atoms with Gasteiger partial charge in [0.1, 0.15) is 0 Å². The van der Waals surface area contributed by atoms with Crippen LogP contribution in [0, 0.1) is 0 Å². The molecule has 126 valence electrons. The number of hydrogen-bond acceptors (Lipinski definition) is 4. The number of carbonyl (C=O) groups is 1. The minimum Gasteiger partial charge on any atom is -0.490 e. The molecule has 24 heavy (non-hydrogen) atoms. The Morgan fingerprint density at radius 2 is 1.88 bits per heavy atom. The Hall–Kier alpha value is -2.50. The van der Waals surface area contributed by atoms with Crippen LogP contribution in [-0.2, 0) is 0 Å². The SMILES string of the molecule is O=C(Nc1cc(C2CCCC2)[nH]n1)c1ccc2c(c1)OCCCO2. The van der Waals surface area contributed by atoms with E-state index in [1.165, 1.54) is 25.7 Å². The Bertz CT molecular complexity index is 735. The number of aromatic nitrogens is 2. The number of fused-ring (bicyclic) bond motifs is 1. The number of anilines is 1. The van der Waals surface area contributed by atoms with Gasteiger partial charge in [-0.15, -0.1) is 0 Å². The van der Waals surface area contributed by atoms with Gasteiger partial charge in [0.05, 0.1) is 13.2 Å². The summed E-state index contributed by atoms with van der Waals surface area (Å²) in [5.74, 6) is 2.21. The topological polar surface area (TPSA) is 76.2 Å². The molecule has 0 radical (unpaired) electrons. The van der Waals surface area contributed by atoms with Gasteiger partial charge in [-0.2, -0.15) is 5.10 Å². The molecule has 0 spiro atoms. The molecular weight excluding hydrogens is 306 g/mol. The largest absolute Gasteiger partial charge is 0.490 e. The molecule has 1 saturated carbocycles. The molecule has 1 aliphatic carbocycles. The first-order chi connectivity index (χ1) is 11.8. The summed E-state index contributed by atoms with van der Waals surface area (Å²) in [5.41, 5.74) is 1.64. The van der Waals surface area contributed by atoms with Crippen molar-refractivity contribution in [1.82, 2.24) is 10.2 Å². The minimum absolute atomic E-state index is 0.199. The summed E-state index contributed by atoms with van der Waals surface area (Å²) in [6, 6.07) is 7.19. The van der Waals surface area contributed by atoms with Crippen LogP contribution in [0.1, 0.15) is 54.1 Å². The van der Waals surface area contributed by atoms with Crippen molar-refractivity contribution in [3.8, 4) is 11.5 Å². The van der Waals surface area contributed by atoms with Gasteiger partial charge in [-0.25, -0.2) is 0 Å². The quantitative estimate of drug-likeness (QED) is 0.905. The van der Waals surface area contributed by atoms with E-state index in [0.717, 1.165) is 12.1 Å². The highest BCUT2D eigenvalue weighted by Gasteiger charge is 2.20. The number of nitrogens with zero attached hydrogens (tertiary/aromatic N) is 1. The lowest BCUT2D eigenvalue weighted by Crippen LogP contribution is -2.12. The predicted octanol–water partition coefficient (Wildman–Crippen LogP) is 3.48. The number of rotatable bonds is 3. The van der Waals surface area contributed by atoms with Crippen LogP contribution in [0.5, 0.6) is 11.5 Å². The monoisotopic (exact) mass is 327 g/mol. The zero-order valence-corrected chi connectivity index (χ0v) is 13.5. The number of nitrogens with one attached hydrogen (secondary N) is 2. The summed E-state index contributed by atoms with van der Waals surface area (Å²) in [6.45, 7) is 1.23. The fourth-order valence-electron chi connectivity index (χ4n) is 3.34. The third-order valence-corrected chi connectivity index (χ3v) is 4.64. The smallest absolute Gasteiger partial charge is 0.257 e. The van der Waals surface area contributed by atoms with Gasteiger partial charge in [-0.1, -0.05) is 12.8 Å². The van der Waals surface area contributed by atoms with Crippen molar-refractivity contribution in [3.05, 3.63) is 35.5 Å². The van der Waals surface area contributed by atoms with Gasteiger partial charge >= 0.3 is 0 Å². The first kappa shape index (κ1) is 15.1. The van der Waals surface area contributed by atoms with Crippen LogP contribution in [0.2, 0.25) is 0 Å². The van der Waals surface area contributed by atoms with Gasteiger partial charge in [-0.05, 0) is 31.0 Å². The maximum absolute atomic E-state index is 12.5. The molecule has 0 atom stereocenters. The minimum atomic E-state index is -0.199. The van der Waals surface area contributed by atoms with Gasteiger partial charge in [0.15, 0.2) is 17.3 Å². The molecule has 0 bridgehead atoms. The van der Waals surface area contributed by atoms with Gasteiger partial charge in [-0.3, -0.25) is 9.89 Å². The second-order valence-corrected chi connectivity index (χ2v) is 6.36. The number of aromatic amines is 1. The lowest BCUT2D eigenvalue weighted by Gasteiger charge is -2.09. The summed E-state index contributed by atoms with van der Waals surface area (Å²) >= 11 is 0. The number of hydrogen-bond donors (Lipinski definition) is 2. The third-order valence-electron chi connectivity index (χ3n) is 4.64. The standard InChI is InChI=1S/C18H21N3O3/c22-18(13-6-7-15-16(10-13)24-9-3-8-23-15)19-17-11-14(20-21-17)12-4-1-2-5-12/h6-7,10-12H,1-5,8-9H2,(H2,19,20,21,22). The molecule has 2 N–H and O–H groups in total. The molecule has 6 nitrogen and oxygen atoms in total. The number of ether oxygens (including phenoxy) is 2. The van der Waals surface area contributed by atoms with E-state index in [2.05, 4.69) is 15.5 Å². The van der Waals surface area contributed by atoms with E-state index in [0.29, 0.717) is 42.0 Å². The second kappa shape index (κ2) is 6.55. The average Bonchev–Trinajstić information content (AvgIpc) is 3.22. The van der Waals surface area contributed by atoms with Crippen LogP contribution in [0.4, 0.5) is 5.82 Å². The van der Waals surface area contributed by atoms with Crippen molar-refractivity contribution in [2.45, 2.75) is 38.0 Å². The Kier molecular flexibility index (Phi) is 4.11. The molecule has 1 aliphatic heterocycles. The molecule has 2 heterocycles. The Labute approximate surface area is 140 Å². The zero-order chi connectivity index (χ0) is 16.4. The van der Waals surface area contributed by atoms with E-state index in [9.17, 15) is 4.79 Å². The Balaban J connectivity index is 1.47. The molecule has 0 saturated heterocycles. The molecule has 1 aromatic heterocycles. The van der Waals surface area contributed by atoms with E-state index in [1.54, 1.807) is 18.2 Å². The lowest BCUT2D eigenvalue weighted by atomic mass is 10.0. The highest BCUT2D eigenvalue weighted by Crippen LogP contribution is 2.34. The Morgan fingerprint density at radius 3 is 2.71 bits per heavy atom. The molecule has 1 aromatic carbocycles. The van der Waals surface area contributed by atoms with E-state index in [1.807, 2.05) is 6.07 Å². The summed E-state index contributed by atoms with van der Waals surface area (Å²) in [4.78, 5) is 12.5. The first-order valence-electron chi connectivity index (χ1n) is 8.56.